The Morgan fingerprint density at radius 1 is 0.933 bits per heavy atom. The maximum atomic E-state index is 12.6. The molecular weight excluding hydrogens is 382 g/mol. The zero-order valence-corrected chi connectivity index (χ0v) is 18.0. The smallest absolute Gasteiger partial charge is 0.238 e. The predicted molar refractivity (Wildman–Crippen MR) is 119 cm³/mol. The number of ether oxygens (including phenoxy) is 3. The van der Waals surface area contributed by atoms with Gasteiger partial charge in [0, 0.05) is 37.9 Å². The minimum Gasteiger partial charge on any atom is -0.495 e. The summed E-state index contributed by atoms with van der Waals surface area (Å²) in [5.74, 6) is 2.17. The Hall–Kier alpha value is -2.93. The molecule has 0 spiro atoms. The summed E-state index contributed by atoms with van der Waals surface area (Å²) in [5, 5.41) is 2.97. The molecule has 2 aromatic carbocycles. The van der Waals surface area contributed by atoms with Crippen LogP contribution in [0, 0.1) is 0 Å². The van der Waals surface area contributed by atoms with Crippen LogP contribution in [-0.2, 0) is 4.79 Å². The van der Waals surface area contributed by atoms with Crippen molar-refractivity contribution in [3.63, 3.8) is 0 Å². The van der Waals surface area contributed by atoms with Crippen molar-refractivity contribution in [3.05, 3.63) is 42.5 Å². The number of benzene rings is 2. The van der Waals surface area contributed by atoms with Gasteiger partial charge in [-0.3, -0.25) is 9.69 Å². The molecule has 30 heavy (non-hydrogen) atoms. The first-order valence-corrected chi connectivity index (χ1v) is 10.4. The third-order valence-corrected chi connectivity index (χ3v) is 4.99. The predicted octanol–water partition coefficient (Wildman–Crippen LogP) is 3.25. The molecule has 3 rings (SSSR count). The number of para-hydroxylation sites is 2. The van der Waals surface area contributed by atoms with Gasteiger partial charge >= 0.3 is 0 Å². The minimum absolute atomic E-state index is 0.0349. The second-order valence-corrected chi connectivity index (χ2v) is 7.01. The van der Waals surface area contributed by atoms with Crippen LogP contribution in [0.5, 0.6) is 17.2 Å². The summed E-state index contributed by atoms with van der Waals surface area (Å²) in [5.41, 5.74) is 1.81. The first-order chi connectivity index (χ1) is 14.6. The molecule has 0 unspecified atom stereocenters. The molecule has 7 nitrogen and oxygen atoms in total. The van der Waals surface area contributed by atoms with Gasteiger partial charge in [0.1, 0.15) is 5.75 Å². The van der Waals surface area contributed by atoms with E-state index >= 15 is 0 Å². The number of hydrogen-bond donors (Lipinski definition) is 1. The lowest BCUT2D eigenvalue weighted by atomic mass is 10.2. The van der Waals surface area contributed by atoms with Crippen molar-refractivity contribution in [1.82, 2.24) is 4.90 Å². The number of nitrogens with zero attached hydrogens (tertiary/aromatic N) is 2. The lowest BCUT2D eigenvalue weighted by molar-refractivity contribution is -0.117. The summed E-state index contributed by atoms with van der Waals surface area (Å²) < 4.78 is 16.7. The van der Waals surface area contributed by atoms with Gasteiger partial charge in [-0.05, 0) is 38.1 Å². The van der Waals surface area contributed by atoms with Crippen LogP contribution in [0.1, 0.15) is 13.8 Å². The Kier molecular flexibility index (Phi) is 7.79. The van der Waals surface area contributed by atoms with Crippen molar-refractivity contribution in [2.45, 2.75) is 13.8 Å². The van der Waals surface area contributed by atoms with Crippen molar-refractivity contribution < 1.29 is 19.0 Å². The Morgan fingerprint density at radius 2 is 1.63 bits per heavy atom. The average molecular weight is 414 g/mol. The van der Waals surface area contributed by atoms with Crippen molar-refractivity contribution in [3.8, 4) is 17.2 Å². The van der Waals surface area contributed by atoms with E-state index in [1.54, 1.807) is 7.11 Å². The molecule has 0 bridgehead atoms. The highest BCUT2D eigenvalue weighted by atomic mass is 16.5. The third-order valence-electron chi connectivity index (χ3n) is 4.99. The molecule has 0 radical (unpaired) electrons. The van der Waals surface area contributed by atoms with Gasteiger partial charge in [-0.15, -0.1) is 0 Å². The van der Waals surface area contributed by atoms with Gasteiger partial charge < -0.3 is 24.4 Å². The second kappa shape index (κ2) is 10.7. The van der Waals surface area contributed by atoms with E-state index in [1.807, 2.05) is 50.2 Å². The van der Waals surface area contributed by atoms with Crippen LogP contribution in [0.2, 0.25) is 0 Å². The summed E-state index contributed by atoms with van der Waals surface area (Å²) in [7, 11) is 1.69. The summed E-state index contributed by atoms with van der Waals surface area (Å²) in [6.45, 7) is 8.65. The number of methoxy groups -OCH3 is 1. The minimum atomic E-state index is -0.0349. The number of carbonyl (C=O) groups excluding carboxylic acids is 1. The van der Waals surface area contributed by atoms with E-state index in [4.69, 9.17) is 14.2 Å². The van der Waals surface area contributed by atoms with Crippen LogP contribution >= 0.6 is 0 Å². The lowest BCUT2D eigenvalue weighted by Gasteiger charge is -2.36. The fourth-order valence-corrected chi connectivity index (χ4v) is 3.57. The van der Waals surface area contributed by atoms with Gasteiger partial charge in [0.25, 0.3) is 0 Å². The molecule has 1 aliphatic rings. The zero-order chi connectivity index (χ0) is 21.3. The summed E-state index contributed by atoms with van der Waals surface area (Å²) >= 11 is 0. The molecule has 1 aliphatic heterocycles. The van der Waals surface area contributed by atoms with Gasteiger partial charge in [-0.1, -0.05) is 12.1 Å². The number of rotatable bonds is 9. The van der Waals surface area contributed by atoms with Gasteiger partial charge in [0.2, 0.25) is 5.91 Å². The number of amides is 1. The van der Waals surface area contributed by atoms with Crippen LogP contribution in [0.4, 0.5) is 11.4 Å². The maximum Gasteiger partial charge on any atom is 0.238 e. The van der Waals surface area contributed by atoms with Crippen LogP contribution < -0.4 is 24.4 Å². The van der Waals surface area contributed by atoms with E-state index in [0.717, 1.165) is 37.6 Å². The van der Waals surface area contributed by atoms with Crippen molar-refractivity contribution in [2.24, 2.45) is 0 Å². The monoisotopic (exact) mass is 413 g/mol. The number of carbonyl (C=O) groups is 1. The molecule has 1 amide bonds. The summed E-state index contributed by atoms with van der Waals surface area (Å²) in [6.07, 6.45) is 0. The summed E-state index contributed by atoms with van der Waals surface area (Å²) in [4.78, 5) is 17.0. The molecule has 0 aliphatic carbocycles. The van der Waals surface area contributed by atoms with Crippen molar-refractivity contribution >= 4 is 17.3 Å². The topological polar surface area (TPSA) is 63.3 Å². The lowest BCUT2D eigenvalue weighted by Crippen LogP contribution is -2.48. The molecule has 7 heteroatoms. The van der Waals surface area contributed by atoms with Crippen LogP contribution in [0.3, 0.4) is 0 Å². The molecule has 2 aromatic rings. The van der Waals surface area contributed by atoms with Gasteiger partial charge in [-0.25, -0.2) is 0 Å². The molecule has 162 valence electrons. The van der Waals surface area contributed by atoms with Crippen molar-refractivity contribution in [2.75, 3.05) is 63.3 Å². The van der Waals surface area contributed by atoms with Crippen LogP contribution in [0.25, 0.3) is 0 Å². The number of nitrogens with one attached hydrogen (secondary N) is 1. The highest BCUT2D eigenvalue weighted by molar-refractivity contribution is 5.92. The molecule has 1 fully saturated rings. The number of piperazine rings is 1. The van der Waals surface area contributed by atoms with E-state index in [2.05, 4.69) is 21.2 Å². The van der Waals surface area contributed by atoms with Gasteiger partial charge in [0.15, 0.2) is 11.5 Å². The van der Waals surface area contributed by atoms with Crippen molar-refractivity contribution in [1.29, 1.82) is 0 Å². The molecule has 1 heterocycles. The molecular formula is C23H31N3O4. The van der Waals surface area contributed by atoms with Crippen LogP contribution in [-0.4, -0.2) is 63.9 Å². The summed E-state index contributed by atoms with van der Waals surface area (Å²) in [6, 6.07) is 13.5. The number of anilines is 2. The fourth-order valence-electron chi connectivity index (χ4n) is 3.57. The SMILES string of the molecule is CCOc1ccc(NC(=O)CN2CCN(c3ccccc3OC)CC2)cc1OCC. The Morgan fingerprint density at radius 3 is 2.33 bits per heavy atom. The highest BCUT2D eigenvalue weighted by Crippen LogP contribution is 2.31. The molecule has 1 saturated heterocycles. The third kappa shape index (κ3) is 5.57. The van der Waals surface area contributed by atoms with Crippen LogP contribution in [0.15, 0.2) is 42.5 Å². The normalized spacial score (nSPS) is 14.3. The fraction of sp³-hybridized carbons (Fsp3) is 0.435. The maximum absolute atomic E-state index is 12.6. The Balaban J connectivity index is 1.53. The Bertz CT molecular complexity index is 835. The molecule has 0 aromatic heterocycles. The first kappa shape index (κ1) is 21.8. The molecule has 0 saturated carbocycles. The standard InChI is InChI=1S/C23H31N3O4/c1-4-29-21-11-10-18(16-22(21)30-5-2)24-23(27)17-25-12-14-26(15-13-25)19-8-6-7-9-20(19)28-3/h6-11,16H,4-5,12-15,17H2,1-3H3,(H,24,27). The van der Waals surface area contributed by atoms with E-state index in [9.17, 15) is 4.79 Å². The molecule has 0 atom stereocenters. The van der Waals surface area contributed by atoms with Gasteiger partial charge in [-0.2, -0.15) is 0 Å². The van der Waals surface area contributed by atoms with E-state index in [-0.39, 0.29) is 5.91 Å². The first-order valence-electron chi connectivity index (χ1n) is 10.4. The largest absolute Gasteiger partial charge is 0.495 e. The quantitative estimate of drug-likeness (QED) is 0.681. The second-order valence-electron chi connectivity index (χ2n) is 7.01. The van der Waals surface area contributed by atoms with Gasteiger partial charge in [0.05, 0.1) is 32.6 Å². The Labute approximate surface area is 178 Å². The van der Waals surface area contributed by atoms with E-state index < -0.39 is 0 Å². The highest BCUT2D eigenvalue weighted by Gasteiger charge is 2.21. The molecule has 1 N–H and O–H groups in total. The zero-order valence-electron chi connectivity index (χ0n) is 18.0. The number of hydrogen-bond acceptors (Lipinski definition) is 6. The average Bonchev–Trinajstić information content (AvgIpc) is 2.76. The van der Waals surface area contributed by atoms with E-state index in [0.29, 0.717) is 36.9 Å². The van der Waals surface area contributed by atoms with E-state index in [1.165, 1.54) is 0 Å².